The smallest absolute Gasteiger partial charge is 0.324 e. The predicted octanol–water partition coefficient (Wildman–Crippen LogP) is 0.166. The second kappa shape index (κ2) is 5.84. The van der Waals surface area contributed by atoms with Gasteiger partial charge in [-0.3, -0.25) is 24.3 Å². The van der Waals surface area contributed by atoms with Gasteiger partial charge < -0.3 is 19.3 Å². The molecule has 0 aliphatic carbocycles. The zero-order chi connectivity index (χ0) is 16.5. The molecule has 2 rings (SSSR count). The molecule has 0 aliphatic rings. The molecule has 3 N–H and O–H groups in total. The Hall–Kier alpha value is -2.29. The van der Waals surface area contributed by atoms with Crippen LogP contribution in [0.2, 0.25) is 0 Å². The fourth-order valence-electron chi connectivity index (χ4n) is 2.04. The van der Waals surface area contributed by atoms with Gasteiger partial charge in [0.1, 0.15) is 0 Å². The van der Waals surface area contributed by atoms with E-state index in [-0.39, 0.29) is 29.7 Å². The summed E-state index contributed by atoms with van der Waals surface area (Å²) in [6, 6.07) is 3.61. The monoisotopic (exact) mass is 329 g/mol. The average Bonchev–Trinajstić information content (AvgIpc) is 2.41. The number of aromatic nitrogens is 2. The minimum absolute atomic E-state index is 0.0142. The van der Waals surface area contributed by atoms with E-state index in [9.17, 15) is 24.3 Å². The van der Waals surface area contributed by atoms with Gasteiger partial charge in [-0.1, -0.05) is 0 Å². The fraction of sp³-hybridized carbons (Fsp3) is 0.273. The Morgan fingerprint density at radius 1 is 1.32 bits per heavy atom. The van der Waals surface area contributed by atoms with Crippen molar-refractivity contribution in [3.05, 3.63) is 49.0 Å². The minimum atomic E-state index is -4.20. The minimum Gasteiger partial charge on any atom is -0.324 e. The van der Waals surface area contributed by atoms with E-state index in [4.69, 9.17) is 9.79 Å². The highest BCUT2D eigenvalue weighted by Crippen LogP contribution is 2.34. The average molecular weight is 329 g/mol. The fourth-order valence-corrected chi connectivity index (χ4v) is 2.59. The molecule has 118 valence electrons. The van der Waals surface area contributed by atoms with Crippen LogP contribution in [-0.4, -0.2) is 30.4 Å². The highest BCUT2D eigenvalue weighted by Gasteiger charge is 2.15. The van der Waals surface area contributed by atoms with Gasteiger partial charge in [0, 0.05) is 18.7 Å². The highest BCUT2D eigenvalue weighted by molar-refractivity contribution is 7.51. The number of H-pyrrole nitrogens is 1. The van der Waals surface area contributed by atoms with Crippen molar-refractivity contribution in [1.82, 2.24) is 9.55 Å². The molecule has 11 heteroatoms. The number of aryl methyl sites for hydroxylation is 1. The van der Waals surface area contributed by atoms with Gasteiger partial charge in [-0.05, 0) is 12.5 Å². The first-order chi connectivity index (χ1) is 10.2. The zero-order valence-corrected chi connectivity index (χ0v) is 12.0. The van der Waals surface area contributed by atoms with E-state index in [1.165, 1.54) is 12.1 Å². The van der Waals surface area contributed by atoms with Gasteiger partial charge in [0.25, 0.3) is 5.69 Å². The number of nitro benzene ring substituents is 1. The molecule has 0 saturated carbocycles. The Balaban J connectivity index is 2.50. The van der Waals surface area contributed by atoms with Crippen LogP contribution in [-0.2, 0) is 11.1 Å². The maximum atomic E-state index is 11.8. The quantitative estimate of drug-likeness (QED) is 0.305. The van der Waals surface area contributed by atoms with E-state index in [1.54, 1.807) is 0 Å². The lowest BCUT2D eigenvalue weighted by Crippen LogP contribution is -2.36. The number of fused-ring (bicyclic) bond motifs is 1. The van der Waals surface area contributed by atoms with Crippen LogP contribution >= 0.6 is 7.60 Å². The summed E-state index contributed by atoms with van der Waals surface area (Å²) in [4.78, 5) is 53.4. The third kappa shape index (κ3) is 3.48. The van der Waals surface area contributed by atoms with Gasteiger partial charge in [-0.2, -0.15) is 0 Å². The lowest BCUT2D eigenvalue weighted by Gasteiger charge is -2.10. The summed E-state index contributed by atoms with van der Waals surface area (Å²) in [5.74, 6) is 0. The van der Waals surface area contributed by atoms with E-state index in [1.807, 2.05) is 0 Å². The van der Waals surface area contributed by atoms with Gasteiger partial charge in [0.05, 0.1) is 22.1 Å². The number of hydrogen-bond donors (Lipinski definition) is 3. The number of nitro groups is 1. The van der Waals surface area contributed by atoms with Crippen molar-refractivity contribution in [2.45, 2.75) is 13.0 Å². The standard InChI is InChI=1S/C11H12N3O7P/c15-10-11(16)13(4-1-5-22(19,20)21)9-3-2-7(14(17)18)6-8(9)12-10/h2-3,6H,1,4-5H2,(H,12,15)(H2,19,20,21). The molecule has 0 unspecified atom stereocenters. The molecular weight excluding hydrogens is 317 g/mol. The summed E-state index contributed by atoms with van der Waals surface area (Å²) in [7, 11) is -4.20. The molecule has 22 heavy (non-hydrogen) atoms. The largest absolute Gasteiger partial charge is 0.325 e. The third-order valence-corrected chi connectivity index (χ3v) is 3.90. The van der Waals surface area contributed by atoms with Crippen molar-refractivity contribution in [1.29, 1.82) is 0 Å². The van der Waals surface area contributed by atoms with Crippen LogP contribution in [0.15, 0.2) is 27.8 Å². The number of aromatic amines is 1. The molecule has 0 aliphatic heterocycles. The van der Waals surface area contributed by atoms with E-state index < -0.39 is 29.8 Å². The van der Waals surface area contributed by atoms with E-state index in [0.717, 1.165) is 10.6 Å². The molecular formula is C11H12N3O7P. The van der Waals surface area contributed by atoms with Crippen LogP contribution in [0, 0.1) is 10.1 Å². The van der Waals surface area contributed by atoms with E-state index >= 15 is 0 Å². The highest BCUT2D eigenvalue weighted by atomic mass is 31.2. The number of nitrogens with zero attached hydrogens (tertiary/aromatic N) is 2. The lowest BCUT2D eigenvalue weighted by molar-refractivity contribution is -0.384. The molecule has 0 spiro atoms. The molecule has 1 aromatic carbocycles. The van der Waals surface area contributed by atoms with Gasteiger partial charge in [-0.25, -0.2) is 0 Å². The van der Waals surface area contributed by atoms with Crippen molar-refractivity contribution < 1.29 is 19.3 Å². The summed E-state index contributed by atoms with van der Waals surface area (Å²) in [6.45, 7) is -0.0812. The first-order valence-corrected chi connectivity index (χ1v) is 7.94. The number of nitrogens with one attached hydrogen (secondary N) is 1. The van der Waals surface area contributed by atoms with Crippen molar-refractivity contribution in [3.63, 3.8) is 0 Å². The summed E-state index contributed by atoms with van der Waals surface area (Å²) in [5.41, 5.74) is -1.73. The summed E-state index contributed by atoms with van der Waals surface area (Å²) >= 11 is 0. The molecule has 0 atom stereocenters. The van der Waals surface area contributed by atoms with Crippen LogP contribution in [0.1, 0.15) is 6.42 Å². The van der Waals surface area contributed by atoms with E-state index in [2.05, 4.69) is 4.98 Å². The molecule has 10 nitrogen and oxygen atoms in total. The predicted molar refractivity (Wildman–Crippen MR) is 77.0 cm³/mol. The topological polar surface area (TPSA) is 156 Å². The van der Waals surface area contributed by atoms with Gasteiger partial charge in [0.15, 0.2) is 0 Å². The Bertz CT molecular complexity index is 895. The molecule has 0 fully saturated rings. The van der Waals surface area contributed by atoms with Gasteiger partial charge in [-0.15, -0.1) is 0 Å². The SMILES string of the molecule is O=c1[nH]c2cc([N+](=O)[O-])ccc2n(CCCP(=O)(O)O)c1=O. The van der Waals surface area contributed by atoms with E-state index in [0.29, 0.717) is 0 Å². The molecule has 0 radical (unpaired) electrons. The first-order valence-electron chi connectivity index (χ1n) is 6.15. The molecule has 0 amide bonds. The molecule has 0 saturated heterocycles. The molecule has 1 heterocycles. The number of hydrogen-bond acceptors (Lipinski definition) is 5. The normalized spacial score (nSPS) is 11.7. The second-order valence-electron chi connectivity index (χ2n) is 4.61. The van der Waals surface area contributed by atoms with Gasteiger partial charge >= 0.3 is 18.7 Å². The number of rotatable bonds is 5. The molecule has 2 aromatic rings. The third-order valence-electron chi connectivity index (χ3n) is 3.00. The number of benzene rings is 1. The summed E-state index contributed by atoms with van der Waals surface area (Å²) in [6.07, 6.45) is -0.444. The van der Waals surface area contributed by atoms with Crippen molar-refractivity contribution >= 4 is 24.3 Å². The van der Waals surface area contributed by atoms with Crippen molar-refractivity contribution in [2.75, 3.05) is 6.16 Å². The zero-order valence-electron chi connectivity index (χ0n) is 11.1. The number of non-ortho nitro benzene ring substituents is 1. The van der Waals surface area contributed by atoms with Crippen LogP contribution < -0.4 is 11.1 Å². The summed E-state index contributed by atoms with van der Waals surface area (Å²) < 4.78 is 11.9. The van der Waals surface area contributed by atoms with Crippen LogP contribution in [0.3, 0.4) is 0 Å². The molecule has 0 bridgehead atoms. The Kier molecular flexibility index (Phi) is 4.27. The molecule has 1 aromatic heterocycles. The maximum absolute atomic E-state index is 11.8. The first kappa shape index (κ1) is 16.1. The van der Waals surface area contributed by atoms with Crippen LogP contribution in [0.5, 0.6) is 0 Å². The second-order valence-corrected chi connectivity index (χ2v) is 6.39. The Morgan fingerprint density at radius 2 is 2.00 bits per heavy atom. The van der Waals surface area contributed by atoms with Crippen LogP contribution in [0.25, 0.3) is 11.0 Å². The Morgan fingerprint density at radius 3 is 2.59 bits per heavy atom. The van der Waals surface area contributed by atoms with Crippen molar-refractivity contribution in [3.8, 4) is 0 Å². The van der Waals surface area contributed by atoms with Gasteiger partial charge in [0.2, 0.25) is 0 Å². The lowest BCUT2D eigenvalue weighted by atomic mass is 10.2. The maximum Gasteiger partial charge on any atom is 0.325 e. The Labute approximate surface area is 122 Å². The summed E-state index contributed by atoms with van der Waals surface area (Å²) in [5, 5.41) is 10.7. The van der Waals surface area contributed by atoms with Crippen LogP contribution in [0.4, 0.5) is 5.69 Å². The van der Waals surface area contributed by atoms with Crippen molar-refractivity contribution in [2.24, 2.45) is 0 Å².